The minimum absolute atomic E-state index is 0.187. The van der Waals surface area contributed by atoms with Gasteiger partial charge in [0.15, 0.2) is 0 Å². The highest BCUT2D eigenvalue weighted by Crippen LogP contribution is 2.26. The molecule has 0 fully saturated rings. The number of rotatable bonds is 3. The predicted molar refractivity (Wildman–Crippen MR) is 65.4 cm³/mol. The molecule has 0 unspecified atom stereocenters. The topological polar surface area (TPSA) is 80.4 Å². The molecule has 0 aliphatic rings. The van der Waals surface area contributed by atoms with E-state index >= 15 is 0 Å². The van der Waals surface area contributed by atoms with Gasteiger partial charge in [-0.2, -0.15) is 0 Å². The van der Waals surface area contributed by atoms with Crippen LogP contribution in [0, 0.1) is 15.9 Å². The van der Waals surface area contributed by atoms with E-state index < -0.39 is 16.7 Å². The zero-order valence-corrected chi connectivity index (χ0v) is 9.54. The molecule has 0 atom stereocenters. The first kappa shape index (κ1) is 12.7. The molecule has 0 radical (unpaired) electrons. The molecule has 0 bridgehead atoms. The average Bonchev–Trinajstić information content (AvgIpc) is 2.39. The Morgan fingerprint density at radius 2 is 1.74 bits per heavy atom. The molecule has 0 aromatic heterocycles. The van der Waals surface area contributed by atoms with Crippen molar-refractivity contribution in [3.8, 4) is 11.1 Å². The molecule has 2 aromatic rings. The minimum atomic E-state index is -1.26. The molecule has 0 saturated heterocycles. The van der Waals surface area contributed by atoms with Gasteiger partial charge in [0.2, 0.25) is 0 Å². The Hall–Kier alpha value is -2.76. The molecule has 0 spiro atoms. The average molecular weight is 261 g/mol. The number of carboxylic acids is 1. The number of nitrogens with zero attached hydrogens (tertiary/aromatic N) is 1. The Morgan fingerprint density at radius 3 is 2.26 bits per heavy atom. The SMILES string of the molecule is O=C(O)c1cc(-c2ccc(F)cc2)cc([N+](=O)[O-])c1. The van der Waals surface area contributed by atoms with Crippen molar-refractivity contribution in [2.45, 2.75) is 0 Å². The Morgan fingerprint density at radius 1 is 1.11 bits per heavy atom. The highest BCUT2D eigenvalue weighted by molar-refractivity contribution is 5.90. The minimum Gasteiger partial charge on any atom is -0.478 e. The summed E-state index contributed by atoms with van der Waals surface area (Å²) in [5.74, 6) is -1.69. The van der Waals surface area contributed by atoms with Gasteiger partial charge in [0.25, 0.3) is 5.69 Å². The third kappa shape index (κ3) is 2.74. The molecular weight excluding hydrogens is 253 g/mol. The summed E-state index contributed by atoms with van der Waals surface area (Å²) in [6.45, 7) is 0. The molecule has 0 aliphatic heterocycles. The van der Waals surface area contributed by atoms with E-state index in [1.807, 2.05) is 0 Å². The van der Waals surface area contributed by atoms with Crippen LogP contribution < -0.4 is 0 Å². The van der Waals surface area contributed by atoms with Crippen molar-refractivity contribution in [3.05, 3.63) is 64.0 Å². The van der Waals surface area contributed by atoms with Gasteiger partial charge < -0.3 is 5.11 Å². The van der Waals surface area contributed by atoms with E-state index in [1.165, 1.54) is 36.4 Å². The van der Waals surface area contributed by atoms with Crippen molar-refractivity contribution in [3.63, 3.8) is 0 Å². The van der Waals surface area contributed by atoms with Crippen molar-refractivity contribution in [2.24, 2.45) is 0 Å². The van der Waals surface area contributed by atoms with Crippen molar-refractivity contribution < 1.29 is 19.2 Å². The maximum absolute atomic E-state index is 12.8. The molecule has 0 amide bonds. The summed E-state index contributed by atoms with van der Waals surface area (Å²) in [7, 11) is 0. The van der Waals surface area contributed by atoms with E-state index in [1.54, 1.807) is 0 Å². The summed E-state index contributed by atoms with van der Waals surface area (Å²) in [6, 6.07) is 8.81. The number of benzene rings is 2. The van der Waals surface area contributed by atoms with Crippen molar-refractivity contribution >= 4 is 11.7 Å². The second-order valence-electron chi connectivity index (χ2n) is 3.84. The number of carbonyl (C=O) groups is 1. The first-order chi connectivity index (χ1) is 8.97. The lowest BCUT2D eigenvalue weighted by atomic mass is 10.0. The van der Waals surface area contributed by atoms with E-state index in [-0.39, 0.29) is 11.3 Å². The fourth-order valence-corrected chi connectivity index (χ4v) is 1.65. The fourth-order valence-electron chi connectivity index (χ4n) is 1.65. The van der Waals surface area contributed by atoms with Gasteiger partial charge in [0, 0.05) is 12.1 Å². The highest BCUT2D eigenvalue weighted by atomic mass is 19.1. The maximum atomic E-state index is 12.8. The molecule has 1 N–H and O–H groups in total. The standard InChI is InChI=1S/C13H8FNO4/c14-11-3-1-8(2-4-11)9-5-10(13(16)17)7-12(6-9)15(18)19/h1-7H,(H,16,17). The van der Waals surface area contributed by atoms with Crippen LogP contribution in [-0.4, -0.2) is 16.0 Å². The van der Waals surface area contributed by atoms with Gasteiger partial charge in [-0.1, -0.05) is 12.1 Å². The van der Waals surface area contributed by atoms with Gasteiger partial charge in [-0.15, -0.1) is 0 Å². The van der Waals surface area contributed by atoms with Gasteiger partial charge in [-0.3, -0.25) is 10.1 Å². The lowest BCUT2D eigenvalue weighted by Crippen LogP contribution is -1.99. The normalized spacial score (nSPS) is 10.2. The number of nitro benzene ring substituents is 1. The van der Waals surface area contributed by atoms with Crippen LogP contribution in [0.1, 0.15) is 10.4 Å². The Bertz CT molecular complexity index is 620. The maximum Gasteiger partial charge on any atom is 0.335 e. The van der Waals surface area contributed by atoms with Crippen molar-refractivity contribution in [2.75, 3.05) is 0 Å². The molecule has 2 aromatic carbocycles. The van der Waals surface area contributed by atoms with E-state index in [0.29, 0.717) is 11.1 Å². The van der Waals surface area contributed by atoms with Crippen molar-refractivity contribution in [1.82, 2.24) is 0 Å². The van der Waals surface area contributed by atoms with E-state index in [9.17, 15) is 19.3 Å². The molecule has 0 saturated carbocycles. The third-order valence-corrected chi connectivity index (χ3v) is 2.55. The largest absolute Gasteiger partial charge is 0.478 e. The second kappa shape index (κ2) is 4.85. The van der Waals surface area contributed by atoms with Crippen LogP contribution in [0.4, 0.5) is 10.1 Å². The van der Waals surface area contributed by atoms with E-state index in [4.69, 9.17) is 5.11 Å². The number of halogens is 1. The molecular formula is C13H8FNO4. The van der Waals surface area contributed by atoms with Crippen LogP contribution in [0.25, 0.3) is 11.1 Å². The number of aromatic carboxylic acids is 1. The van der Waals surface area contributed by atoms with Gasteiger partial charge in [-0.05, 0) is 29.3 Å². The third-order valence-electron chi connectivity index (χ3n) is 2.55. The van der Waals surface area contributed by atoms with Crippen LogP contribution in [0.5, 0.6) is 0 Å². The molecule has 2 rings (SSSR count). The number of nitro groups is 1. The first-order valence-electron chi connectivity index (χ1n) is 5.26. The smallest absolute Gasteiger partial charge is 0.335 e. The molecule has 0 heterocycles. The fraction of sp³-hybridized carbons (Fsp3) is 0. The monoisotopic (exact) mass is 261 g/mol. The Kier molecular flexibility index (Phi) is 3.24. The molecule has 6 heteroatoms. The van der Waals surface area contributed by atoms with Crippen LogP contribution in [0.3, 0.4) is 0 Å². The van der Waals surface area contributed by atoms with Gasteiger partial charge in [0.05, 0.1) is 10.5 Å². The second-order valence-corrected chi connectivity index (χ2v) is 3.84. The zero-order chi connectivity index (χ0) is 14.0. The van der Waals surface area contributed by atoms with Crippen LogP contribution in [-0.2, 0) is 0 Å². The lowest BCUT2D eigenvalue weighted by Gasteiger charge is -2.04. The van der Waals surface area contributed by atoms with Crippen molar-refractivity contribution in [1.29, 1.82) is 0 Å². The van der Waals surface area contributed by atoms with Gasteiger partial charge in [0.1, 0.15) is 5.82 Å². The predicted octanol–water partition coefficient (Wildman–Crippen LogP) is 3.10. The van der Waals surface area contributed by atoms with Gasteiger partial charge in [-0.25, -0.2) is 9.18 Å². The molecule has 19 heavy (non-hydrogen) atoms. The zero-order valence-electron chi connectivity index (χ0n) is 9.54. The summed E-state index contributed by atoms with van der Waals surface area (Å²) in [5, 5.41) is 19.7. The van der Waals surface area contributed by atoms with Crippen LogP contribution in [0.15, 0.2) is 42.5 Å². The molecule has 5 nitrogen and oxygen atoms in total. The number of hydrogen-bond acceptors (Lipinski definition) is 3. The lowest BCUT2D eigenvalue weighted by molar-refractivity contribution is -0.384. The summed E-state index contributed by atoms with van der Waals surface area (Å²) in [4.78, 5) is 21.0. The summed E-state index contributed by atoms with van der Waals surface area (Å²) >= 11 is 0. The summed E-state index contributed by atoms with van der Waals surface area (Å²) in [6.07, 6.45) is 0. The molecule has 0 aliphatic carbocycles. The first-order valence-corrected chi connectivity index (χ1v) is 5.26. The number of hydrogen-bond donors (Lipinski definition) is 1. The van der Waals surface area contributed by atoms with Crippen LogP contribution in [0.2, 0.25) is 0 Å². The van der Waals surface area contributed by atoms with Crippen LogP contribution >= 0.6 is 0 Å². The Labute approximate surface area is 107 Å². The highest BCUT2D eigenvalue weighted by Gasteiger charge is 2.14. The summed E-state index contributed by atoms with van der Waals surface area (Å²) < 4.78 is 12.8. The van der Waals surface area contributed by atoms with E-state index in [2.05, 4.69) is 0 Å². The molecule has 96 valence electrons. The Balaban J connectivity index is 2.59. The summed E-state index contributed by atoms with van der Waals surface area (Å²) in [5.41, 5.74) is 0.354. The quantitative estimate of drug-likeness (QED) is 0.680. The number of non-ortho nitro benzene ring substituents is 1. The number of carboxylic acid groups (broad SMARTS) is 1. The van der Waals surface area contributed by atoms with Gasteiger partial charge >= 0.3 is 5.97 Å². The van der Waals surface area contributed by atoms with E-state index in [0.717, 1.165) is 6.07 Å².